The first-order valence-electron chi connectivity index (χ1n) is 9.57. The number of hydrogen-bond acceptors (Lipinski definition) is 4. The van der Waals surface area contributed by atoms with E-state index in [0.717, 1.165) is 71.5 Å². The number of nitrogens with one attached hydrogen (secondary N) is 1. The van der Waals surface area contributed by atoms with Crippen LogP contribution in [0.4, 0.5) is 0 Å². The molecule has 2 saturated heterocycles. The van der Waals surface area contributed by atoms with Gasteiger partial charge in [-0.1, -0.05) is 6.42 Å². The number of carboxylic acid groups (broad SMARTS) is 1. The van der Waals surface area contributed by atoms with Gasteiger partial charge in [-0.15, -0.1) is 0 Å². The smallest absolute Gasteiger partial charge is 0.303 e. The molecule has 2 atom stereocenters. The van der Waals surface area contributed by atoms with Crippen LogP contribution in [0, 0.1) is 17.8 Å². The van der Waals surface area contributed by atoms with Gasteiger partial charge in [-0.2, -0.15) is 0 Å². The lowest BCUT2D eigenvalue weighted by atomic mass is 9.79. The minimum absolute atomic E-state index is 0.218. The second-order valence-electron chi connectivity index (χ2n) is 7.70. The zero-order chi connectivity index (χ0) is 16.9. The molecule has 6 heteroatoms. The highest BCUT2D eigenvalue weighted by atomic mass is 16.4. The molecule has 2 heterocycles. The van der Waals surface area contributed by atoms with Crippen LogP contribution in [0.1, 0.15) is 38.5 Å². The monoisotopic (exact) mass is 337 g/mol. The second-order valence-corrected chi connectivity index (χ2v) is 7.70. The molecule has 2 unspecified atom stereocenters. The highest BCUT2D eigenvalue weighted by Crippen LogP contribution is 2.33. The Balaban J connectivity index is 1.55. The van der Waals surface area contributed by atoms with E-state index in [1.54, 1.807) is 0 Å². The maximum Gasteiger partial charge on any atom is 0.303 e. The van der Waals surface area contributed by atoms with Gasteiger partial charge in [-0.25, -0.2) is 0 Å². The molecule has 0 aromatic carbocycles. The lowest BCUT2D eigenvalue weighted by Crippen LogP contribution is -2.49. The Morgan fingerprint density at radius 3 is 2.42 bits per heavy atom. The number of likely N-dealkylation sites (tertiary alicyclic amines) is 1. The van der Waals surface area contributed by atoms with Crippen LogP contribution in [0.25, 0.3) is 0 Å². The van der Waals surface area contributed by atoms with Crippen LogP contribution in [0.5, 0.6) is 0 Å². The fourth-order valence-electron chi connectivity index (χ4n) is 4.30. The Hall–Kier alpha value is -1.14. The number of carbonyl (C=O) groups is 2. The van der Waals surface area contributed by atoms with E-state index in [2.05, 4.69) is 10.2 Å². The molecule has 0 spiro atoms. The molecule has 6 nitrogen and oxygen atoms in total. The molecule has 2 N–H and O–H groups in total. The average molecular weight is 337 g/mol. The summed E-state index contributed by atoms with van der Waals surface area (Å²) >= 11 is 0. The van der Waals surface area contributed by atoms with Gasteiger partial charge in [0.05, 0.1) is 0 Å². The predicted molar refractivity (Wildman–Crippen MR) is 91.7 cm³/mol. The van der Waals surface area contributed by atoms with Gasteiger partial charge >= 0.3 is 5.97 Å². The number of carboxylic acids is 1. The molecule has 1 amide bonds. The summed E-state index contributed by atoms with van der Waals surface area (Å²) in [6.07, 6.45) is 5.36. The van der Waals surface area contributed by atoms with Gasteiger partial charge in [0.2, 0.25) is 5.91 Å². The number of piperidine rings is 1. The van der Waals surface area contributed by atoms with Crippen molar-refractivity contribution in [3.63, 3.8) is 0 Å². The predicted octanol–water partition coefficient (Wildman–Crippen LogP) is 1.02. The molecule has 0 bridgehead atoms. The van der Waals surface area contributed by atoms with Crippen molar-refractivity contribution in [3.05, 3.63) is 0 Å². The SMILES string of the molecule is O=C(O)CC1CCN(C(=O)C2CCC2)CC1CCN1CCNCC1. The number of amides is 1. The van der Waals surface area contributed by atoms with Gasteiger partial charge in [-0.05, 0) is 44.1 Å². The van der Waals surface area contributed by atoms with Gasteiger partial charge < -0.3 is 20.2 Å². The lowest BCUT2D eigenvalue weighted by molar-refractivity contribution is -0.142. The molecule has 136 valence electrons. The molecular formula is C18H31N3O3. The number of nitrogens with zero attached hydrogens (tertiary/aromatic N) is 2. The number of rotatable bonds is 6. The van der Waals surface area contributed by atoms with E-state index in [1.807, 2.05) is 4.90 Å². The van der Waals surface area contributed by atoms with Gasteiger partial charge in [0.1, 0.15) is 0 Å². The zero-order valence-electron chi connectivity index (χ0n) is 14.6. The third kappa shape index (κ3) is 4.48. The highest BCUT2D eigenvalue weighted by molar-refractivity contribution is 5.79. The van der Waals surface area contributed by atoms with Crippen LogP contribution >= 0.6 is 0 Å². The van der Waals surface area contributed by atoms with Crippen molar-refractivity contribution in [1.82, 2.24) is 15.1 Å². The third-order valence-corrected chi connectivity index (χ3v) is 6.12. The van der Waals surface area contributed by atoms with Crippen molar-refractivity contribution in [2.45, 2.75) is 38.5 Å². The molecule has 0 radical (unpaired) electrons. The van der Waals surface area contributed by atoms with Crippen LogP contribution in [0.3, 0.4) is 0 Å². The van der Waals surface area contributed by atoms with Gasteiger partial charge in [0.25, 0.3) is 0 Å². The maximum absolute atomic E-state index is 12.6. The maximum atomic E-state index is 12.6. The van der Waals surface area contributed by atoms with E-state index in [-0.39, 0.29) is 18.3 Å². The van der Waals surface area contributed by atoms with Crippen molar-refractivity contribution in [2.75, 3.05) is 45.8 Å². The Labute approximate surface area is 144 Å². The van der Waals surface area contributed by atoms with E-state index in [0.29, 0.717) is 11.8 Å². The van der Waals surface area contributed by atoms with Gasteiger partial charge in [0.15, 0.2) is 0 Å². The van der Waals surface area contributed by atoms with Crippen molar-refractivity contribution in [2.24, 2.45) is 17.8 Å². The fourth-order valence-corrected chi connectivity index (χ4v) is 4.30. The lowest BCUT2D eigenvalue weighted by Gasteiger charge is -2.41. The largest absolute Gasteiger partial charge is 0.481 e. The molecule has 0 aromatic heterocycles. The number of aliphatic carboxylic acids is 1. The first-order chi connectivity index (χ1) is 11.6. The van der Waals surface area contributed by atoms with E-state index in [9.17, 15) is 14.7 Å². The molecule has 0 aromatic rings. The van der Waals surface area contributed by atoms with E-state index in [1.165, 1.54) is 6.42 Å². The Morgan fingerprint density at radius 2 is 1.79 bits per heavy atom. The first-order valence-corrected chi connectivity index (χ1v) is 9.57. The van der Waals surface area contributed by atoms with Crippen LogP contribution in [-0.2, 0) is 9.59 Å². The highest BCUT2D eigenvalue weighted by Gasteiger charge is 2.36. The van der Waals surface area contributed by atoms with E-state index >= 15 is 0 Å². The second kappa shape index (κ2) is 8.30. The number of carbonyl (C=O) groups excluding carboxylic acids is 1. The normalized spacial score (nSPS) is 29.2. The Morgan fingerprint density at radius 1 is 1.04 bits per heavy atom. The number of piperazine rings is 1. The minimum atomic E-state index is -0.703. The van der Waals surface area contributed by atoms with Crippen molar-refractivity contribution < 1.29 is 14.7 Å². The average Bonchev–Trinajstić information content (AvgIpc) is 2.52. The Bertz CT molecular complexity index is 447. The third-order valence-electron chi connectivity index (χ3n) is 6.12. The molecule has 24 heavy (non-hydrogen) atoms. The van der Waals surface area contributed by atoms with Gasteiger partial charge in [-0.3, -0.25) is 9.59 Å². The van der Waals surface area contributed by atoms with Crippen LogP contribution in [0.15, 0.2) is 0 Å². The first kappa shape index (κ1) is 17.7. The Kier molecular flexibility index (Phi) is 6.11. The summed E-state index contributed by atoms with van der Waals surface area (Å²) in [6, 6.07) is 0. The van der Waals surface area contributed by atoms with Gasteiger partial charge in [0, 0.05) is 51.6 Å². The topological polar surface area (TPSA) is 72.9 Å². The molecule has 1 aliphatic carbocycles. The van der Waals surface area contributed by atoms with E-state index in [4.69, 9.17) is 0 Å². The summed E-state index contributed by atoms with van der Waals surface area (Å²) in [5.41, 5.74) is 0. The number of hydrogen-bond donors (Lipinski definition) is 2. The van der Waals surface area contributed by atoms with Crippen molar-refractivity contribution >= 4 is 11.9 Å². The van der Waals surface area contributed by atoms with Crippen LogP contribution in [-0.4, -0.2) is 72.6 Å². The standard InChI is InChI=1S/C18H31N3O3/c22-17(23)12-15-5-9-21(18(24)14-2-1-3-14)13-16(15)4-8-20-10-6-19-7-11-20/h14-16,19H,1-13H2,(H,22,23). The fraction of sp³-hybridized carbons (Fsp3) is 0.889. The summed E-state index contributed by atoms with van der Waals surface area (Å²) in [7, 11) is 0. The summed E-state index contributed by atoms with van der Waals surface area (Å²) in [4.78, 5) is 28.2. The molecule has 1 saturated carbocycles. The van der Waals surface area contributed by atoms with Crippen LogP contribution in [0.2, 0.25) is 0 Å². The molecule has 3 aliphatic rings. The molecule has 3 fully saturated rings. The van der Waals surface area contributed by atoms with Crippen LogP contribution < -0.4 is 5.32 Å². The minimum Gasteiger partial charge on any atom is -0.481 e. The molecule has 3 rings (SSSR count). The van der Waals surface area contributed by atoms with Crippen molar-refractivity contribution in [3.8, 4) is 0 Å². The summed E-state index contributed by atoms with van der Waals surface area (Å²) in [5, 5.41) is 12.6. The quantitative estimate of drug-likeness (QED) is 0.757. The van der Waals surface area contributed by atoms with Crippen molar-refractivity contribution in [1.29, 1.82) is 0 Å². The summed E-state index contributed by atoms with van der Waals surface area (Å²) in [5.74, 6) is 0.410. The van der Waals surface area contributed by atoms with E-state index < -0.39 is 5.97 Å². The summed E-state index contributed by atoms with van der Waals surface area (Å²) in [6.45, 7) is 6.75. The zero-order valence-corrected chi connectivity index (χ0v) is 14.6. The molecule has 2 aliphatic heterocycles. The molecular weight excluding hydrogens is 306 g/mol. The summed E-state index contributed by atoms with van der Waals surface area (Å²) < 4.78 is 0.